The maximum Gasteiger partial charge on any atom is 0.170 e. The second-order valence-electron chi connectivity index (χ2n) is 20.4. The van der Waals surface area contributed by atoms with Crippen molar-refractivity contribution in [1.82, 2.24) is 4.90 Å². The Kier molecular flexibility index (Phi) is 10.3. The Balaban J connectivity index is 1.04. The molecule has 1 saturated heterocycles. The molecule has 0 bridgehead atoms. The van der Waals surface area contributed by atoms with Crippen LogP contribution < -0.4 is 0 Å². The Bertz CT molecular complexity index is 1280. The first-order chi connectivity index (χ1) is 24.0. The molecule has 292 valence electrons. The van der Waals surface area contributed by atoms with Crippen LogP contribution in [0.4, 0.5) is 0 Å². The fraction of sp³-hybridized carbons (Fsp3) is 0.977. The normalized spacial score (nSPS) is 45.4. The van der Waals surface area contributed by atoms with Gasteiger partial charge in [-0.15, -0.1) is 0 Å². The molecule has 6 saturated carbocycles. The number of morpholine rings is 1. The molecule has 0 aromatic heterocycles. The molecule has 1 heterocycles. The third kappa shape index (κ3) is 5.96. The summed E-state index contributed by atoms with van der Waals surface area (Å²) < 4.78 is 25.2. The van der Waals surface area contributed by atoms with Gasteiger partial charge in [-0.05, 0) is 137 Å². The largest absolute Gasteiger partial charge is 0.393 e. The lowest BCUT2D eigenvalue weighted by Crippen LogP contribution is -2.60. The maximum absolute atomic E-state index is 12.8. The van der Waals surface area contributed by atoms with Gasteiger partial charge in [0, 0.05) is 31.6 Å². The number of hydrogen-bond acceptors (Lipinski definition) is 8. The molecule has 2 spiro atoms. The zero-order valence-electron chi connectivity index (χ0n) is 33.7. The van der Waals surface area contributed by atoms with Gasteiger partial charge in [-0.25, -0.2) is 0 Å². The van der Waals surface area contributed by atoms with E-state index >= 15 is 0 Å². The minimum atomic E-state index is -1.00. The van der Waals surface area contributed by atoms with Crippen LogP contribution in [0.15, 0.2) is 0 Å². The zero-order valence-corrected chi connectivity index (χ0v) is 33.7. The monoisotopic (exact) mass is 716 g/mol. The topological polar surface area (TPSA) is 97.7 Å². The lowest BCUT2D eigenvalue weighted by molar-refractivity contribution is -0.248. The molecular weight excluding hydrogens is 642 g/mol. The van der Waals surface area contributed by atoms with E-state index in [9.17, 15) is 15.0 Å². The number of methoxy groups -OCH3 is 1. The lowest BCUT2D eigenvalue weighted by atomic mass is 9.41. The molecule has 7 rings (SSSR count). The van der Waals surface area contributed by atoms with Crippen LogP contribution in [-0.2, 0) is 23.7 Å². The van der Waals surface area contributed by atoms with E-state index in [1.165, 1.54) is 44.9 Å². The van der Waals surface area contributed by atoms with Crippen molar-refractivity contribution in [2.75, 3.05) is 40.0 Å². The average molecular weight is 716 g/mol. The molecule has 0 aromatic rings. The van der Waals surface area contributed by atoms with Crippen LogP contribution in [0, 0.1) is 56.7 Å². The average Bonchev–Trinajstić information content (AvgIpc) is 3.65. The van der Waals surface area contributed by atoms with Crippen molar-refractivity contribution in [3.8, 4) is 0 Å². The first-order valence-electron chi connectivity index (χ1n) is 21.1. The number of ether oxygens (including phenoxy) is 4. The second-order valence-corrected chi connectivity index (χ2v) is 20.4. The summed E-state index contributed by atoms with van der Waals surface area (Å²) in [6.07, 6.45) is 12.4. The maximum atomic E-state index is 12.8. The van der Waals surface area contributed by atoms with Crippen molar-refractivity contribution in [3.05, 3.63) is 0 Å². The Hall–Kier alpha value is -0.610. The number of hydrogen-bond donors (Lipinski definition) is 2. The minimum absolute atomic E-state index is 0.0415. The van der Waals surface area contributed by atoms with Crippen LogP contribution in [0.2, 0.25) is 0 Å². The highest BCUT2D eigenvalue weighted by Gasteiger charge is 2.83. The number of aliphatic hydroxyl groups is 2. The van der Waals surface area contributed by atoms with E-state index in [-0.39, 0.29) is 46.8 Å². The molecule has 0 aromatic carbocycles. The number of ketones is 1. The minimum Gasteiger partial charge on any atom is -0.393 e. The van der Waals surface area contributed by atoms with E-state index in [2.05, 4.69) is 39.5 Å². The molecule has 8 nitrogen and oxygen atoms in total. The van der Waals surface area contributed by atoms with Gasteiger partial charge in [-0.3, -0.25) is 9.69 Å². The molecule has 7 fully saturated rings. The predicted molar refractivity (Wildman–Crippen MR) is 198 cm³/mol. The zero-order chi connectivity index (χ0) is 36.8. The van der Waals surface area contributed by atoms with Crippen molar-refractivity contribution >= 4 is 5.78 Å². The standard InChI is InChI=1S/C43H73NO7/c1-10-49-37(39(5,6)47)31(48-9)22-27(2)29-23-34(46)41(8)33-15-14-32-38(3,4)35(16-17-42(32)26-43(33,42)19-18-40(29,41)7)51-36-25-44(20-21-50-36)24-30(45)28-12-11-13-28/h27-29,31-37,46-47H,10-26H2,1-9H3/t27-,29-,31?,32+,33?,34+,35+,36+,37+,40-,41?,42-,43?/m1/s1. The van der Waals surface area contributed by atoms with Crippen LogP contribution >= 0.6 is 0 Å². The highest BCUT2D eigenvalue weighted by atomic mass is 16.7. The van der Waals surface area contributed by atoms with Gasteiger partial charge in [0.25, 0.3) is 0 Å². The third-order valence-corrected chi connectivity index (χ3v) is 17.5. The number of carbonyl (C=O) groups excluding carboxylic acids is 1. The fourth-order valence-corrected chi connectivity index (χ4v) is 14.5. The quantitative estimate of drug-likeness (QED) is 0.210. The molecule has 2 N–H and O–H groups in total. The van der Waals surface area contributed by atoms with Gasteiger partial charge in [-0.2, -0.15) is 0 Å². The molecule has 13 atom stereocenters. The van der Waals surface area contributed by atoms with Crippen molar-refractivity contribution in [3.63, 3.8) is 0 Å². The van der Waals surface area contributed by atoms with Gasteiger partial charge in [0.1, 0.15) is 11.9 Å². The SMILES string of the molecule is CCO[C@@H](C(C[C@@H](C)[C@H]1C[C@H](O)C2(C)C3CC[C@H]4C(C)(C)[C@@H](O[C@H]5CN(CC(=O)C6CCC6)CCO5)CC[C@@]45CC35CC[C@]12C)OC)C(C)(C)O. The predicted octanol–water partition coefficient (Wildman–Crippen LogP) is 7.03. The summed E-state index contributed by atoms with van der Waals surface area (Å²) in [6, 6.07) is 0. The highest BCUT2D eigenvalue weighted by Crippen LogP contribution is 2.89. The summed E-state index contributed by atoms with van der Waals surface area (Å²) in [4.78, 5) is 15.0. The van der Waals surface area contributed by atoms with Crippen molar-refractivity contribution in [1.29, 1.82) is 0 Å². The van der Waals surface area contributed by atoms with E-state index in [0.717, 1.165) is 38.6 Å². The summed E-state index contributed by atoms with van der Waals surface area (Å²) in [7, 11) is 1.75. The second kappa shape index (κ2) is 13.5. The lowest BCUT2D eigenvalue weighted by Gasteiger charge is -2.64. The molecule has 51 heavy (non-hydrogen) atoms. The van der Waals surface area contributed by atoms with Crippen LogP contribution in [0.25, 0.3) is 0 Å². The number of fused-ring (bicyclic) bond motifs is 2. The molecule has 4 unspecified atom stereocenters. The summed E-state index contributed by atoms with van der Waals surface area (Å²) in [5, 5.41) is 23.2. The van der Waals surface area contributed by atoms with Gasteiger partial charge >= 0.3 is 0 Å². The van der Waals surface area contributed by atoms with Gasteiger partial charge in [0.15, 0.2) is 6.29 Å². The molecule has 1 aliphatic heterocycles. The van der Waals surface area contributed by atoms with Gasteiger partial charge < -0.3 is 29.2 Å². The van der Waals surface area contributed by atoms with Crippen molar-refractivity contribution < 1.29 is 34.0 Å². The highest BCUT2D eigenvalue weighted by molar-refractivity contribution is 5.83. The van der Waals surface area contributed by atoms with Crippen molar-refractivity contribution in [2.45, 2.75) is 169 Å². The van der Waals surface area contributed by atoms with Crippen LogP contribution in [0.1, 0.15) is 132 Å². The summed E-state index contributed by atoms with van der Waals surface area (Å²) in [6.45, 7) is 21.2. The number of carbonyl (C=O) groups is 1. The van der Waals surface area contributed by atoms with E-state index in [4.69, 9.17) is 18.9 Å². The van der Waals surface area contributed by atoms with Crippen LogP contribution in [-0.4, -0.2) is 97.2 Å². The Morgan fingerprint density at radius 1 is 1.02 bits per heavy atom. The first-order valence-corrected chi connectivity index (χ1v) is 21.1. The smallest absolute Gasteiger partial charge is 0.170 e. The van der Waals surface area contributed by atoms with E-state index in [1.54, 1.807) is 7.11 Å². The Labute approximate surface area is 309 Å². The fourth-order valence-electron chi connectivity index (χ4n) is 14.5. The molecule has 7 aliphatic rings. The molecule has 0 radical (unpaired) electrons. The van der Waals surface area contributed by atoms with E-state index in [0.29, 0.717) is 66.6 Å². The molecule has 6 aliphatic carbocycles. The number of nitrogens with zero attached hydrogens (tertiary/aromatic N) is 1. The van der Waals surface area contributed by atoms with Crippen LogP contribution in [0.3, 0.4) is 0 Å². The number of rotatable bonds is 13. The number of Topliss-reactive ketones (excluding diaryl/α,β-unsaturated/α-hetero) is 1. The summed E-state index contributed by atoms with van der Waals surface area (Å²) in [5.41, 5.74) is -0.365. The van der Waals surface area contributed by atoms with Gasteiger partial charge in [-0.1, -0.05) is 41.0 Å². The van der Waals surface area contributed by atoms with Gasteiger partial charge in [0.05, 0.1) is 43.6 Å². The number of aliphatic hydroxyl groups excluding tert-OH is 1. The molecule has 8 heteroatoms. The Morgan fingerprint density at radius 2 is 1.73 bits per heavy atom. The Morgan fingerprint density at radius 3 is 2.37 bits per heavy atom. The van der Waals surface area contributed by atoms with Crippen LogP contribution in [0.5, 0.6) is 0 Å². The third-order valence-electron chi connectivity index (χ3n) is 17.5. The molecule has 0 amide bonds. The van der Waals surface area contributed by atoms with Crippen molar-refractivity contribution in [2.24, 2.45) is 56.7 Å². The summed E-state index contributed by atoms with van der Waals surface area (Å²) >= 11 is 0. The first kappa shape index (κ1) is 38.7. The molecular formula is C43H73NO7. The van der Waals surface area contributed by atoms with E-state index < -0.39 is 11.7 Å². The summed E-state index contributed by atoms with van der Waals surface area (Å²) in [5.74, 6) is 2.56. The van der Waals surface area contributed by atoms with Gasteiger partial charge in [0.2, 0.25) is 0 Å². The van der Waals surface area contributed by atoms with E-state index in [1.807, 2.05) is 20.8 Å².